The van der Waals surface area contributed by atoms with E-state index in [0.717, 1.165) is 5.25 Å². The number of allylic oxidation sites excluding steroid dienone is 2. The summed E-state index contributed by atoms with van der Waals surface area (Å²) in [6.45, 7) is 2.48. The monoisotopic (exact) mass is 208 g/mol. The minimum absolute atomic E-state index is 0.699. The van der Waals surface area contributed by atoms with Gasteiger partial charge in [0.15, 0.2) is 0 Å². The molecule has 0 radical (unpaired) electrons. The van der Waals surface area contributed by atoms with Gasteiger partial charge in [-0.25, -0.2) is 0 Å². The molecule has 1 saturated heterocycles. The van der Waals surface area contributed by atoms with Gasteiger partial charge in [-0.05, 0) is 36.5 Å². The summed E-state index contributed by atoms with van der Waals surface area (Å²) in [6, 6.07) is 0. The Kier molecular flexibility index (Phi) is 2.02. The van der Waals surface area contributed by atoms with E-state index in [0.29, 0.717) is 10.8 Å². The van der Waals surface area contributed by atoms with Gasteiger partial charge in [-0.2, -0.15) is 11.8 Å². The maximum Gasteiger partial charge on any atom is 0.00840 e. The van der Waals surface area contributed by atoms with Crippen LogP contribution in [0.2, 0.25) is 0 Å². The molecule has 1 saturated carbocycles. The lowest BCUT2D eigenvalue weighted by Gasteiger charge is -2.52. The molecule has 2 fully saturated rings. The van der Waals surface area contributed by atoms with Crippen LogP contribution in [0, 0.1) is 10.8 Å². The molecule has 0 aromatic rings. The molecule has 0 unspecified atom stereocenters. The molecular formula is C13H20S. The lowest BCUT2D eigenvalue weighted by atomic mass is 9.51. The van der Waals surface area contributed by atoms with Crippen LogP contribution in [0.1, 0.15) is 45.4 Å². The molecule has 0 aromatic carbocycles. The van der Waals surface area contributed by atoms with Crippen LogP contribution in [-0.2, 0) is 0 Å². The van der Waals surface area contributed by atoms with Crippen molar-refractivity contribution in [2.24, 2.45) is 10.8 Å². The van der Waals surface area contributed by atoms with E-state index in [9.17, 15) is 0 Å². The summed E-state index contributed by atoms with van der Waals surface area (Å²) in [6.07, 6.45) is 13.7. The van der Waals surface area contributed by atoms with Gasteiger partial charge in [0, 0.05) is 11.0 Å². The maximum absolute atomic E-state index is 2.48. The zero-order valence-corrected chi connectivity index (χ0v) is 9.91. The van der Waals surface area contributed by atoms with Crippen LogP contribution in [-0.4, -0.2) is 11.0 Å². The van der Waals surface area contributed by atoms with Crippen LogP contribution >= 0.6 is 11.8 Å². The van der Waals surface area contributed by atoms with E-state index >= 15 is 0 Å². The van der Waals surface area contributed by atoms with Gasteiger partial charge in [-0.15, -0.1) is 0 Å². The number of hydrogen-bond donors (Lipinski definition) is 0. The molecule has 78 valence electrons. The third kappa shape index (κ3) is 0.973. The molecule has 0 amide bonds. The summed E-state index contributed by atoms with van der Waals surface area (Å²) in [5, 5.41) is 0.910. The molecule has 14 heavy (non-hydrogen) atoms. The molecule has 0 spiro atoms. The van der Waals surface area contributed by atoms with Crippen LogP contribution in [0.5, 0.6) is 0 Å². The Morgan fingerprint density at radius 3 is 2.79 bits per heavy atom. The van der Waals surface area contributed by atoms with Crippen LogP contribution in [0.25, 0.3) is 0 Å². The van der Waals surface area contributed by atoms with Crippen molar-refractivity contribution in [3.8, 4) is 0 Å². The normalized spacial score (nSPS) is 51.4. The second-order valence-electron chi connectivity index (χ2n) is 5.48. The highest BCUT2D eigenvalue weighted by Crippen LogP contribution is 2.67. The highest BCUT2D eigenvalue weighted by molar-refractivity contribution is 8.00. The molecule has 0 aromatic heterocycles. The van der Waals surface area contributed by atoms with Crippen molar-refractivity contribution in [2.75, 3.05) is 5.75 Å². The fourth-order valence-electron chi connectivity index (χ4n) is 4.16. The van der Waals surface area contributed by atoms with Crippen LogP contribution in [0.15, 0.2) is 12.2 Å². The van der Waals surface area contributed by atoms with Gasteiger partial charge in [-0.3, -0.25) is 0 Å². The number of hydrogen-bond acceptors (Lipinski definition) is 1. The fourth-order valence-corrected chi connectivity index (χ4v) is 6.07. The van der Waals surface area contributed by atoms with E-state index < -0.39 is 0 Å². The average Bonchev–Trinajstić information content (AvgIpc) is 2.54. The summed E-state index contributed by atoms with van der Waals surface area (Å²) in [5.74, 6) is 1.44. The first kappa shape index (κ1) is 9.33. The van der Waals surface area contributed by atoms with Crippen molar-refractivity contribution in [1.82, 2.24) is 0 Å². The average molecular weight is 208 g/mol. The quantitative estimate of drug-likeness (QED) is 0.542. The van der Waals surface area contributed by atoms with Crippen molar-refractivity contribution in [2.45, 2.75) is 50.7 Å². The van der Waals surface area contributed by atoms with Crippen molar-refractivity contribution < 1.29 is 0 Å². The van der Waals surface area contributed by atoms with E-state index in [1.165, 1.54) is 44.3 Å². The number of rotatable bonds is 0. The zero-order chi connectivity index (χ0) is 9.65. The second-order valence-corrected chi connectivity index (χ2v) is 6.81. The smallest absolute Gasteiger partial charge is 0.00840 e. The maximum atomic E-state index is 2.48. The molecule has 0 N–H and O–H groups in total. The minimum Gasteiger partial charge on any atom is -0.158 e. The summed E-state index contributed by atoms with van der Waals surface area (Å²) < 4.78 is 0. The fraction of sp³-hybridized carbons (Fsp3) is 0.846. The topological polar surface area (TPSA) is 0 Å². The Hall–Kier alpha value is 0.0900. The Morgan fingerprint density at radius 2 is 1.93 bits per heavy atom. The SMILES string of the molecule is C[C@H]1SC[C@@]23CC=CC[C@]12CCCC3. The van der Waals surface area contributed by atoms with Crippen LogP contribution < -0.4 is 0 Å². The first-order valence-corrected chi connectivity index (χ1v) is 7.11. The molecule has 1 aliphatic heterocycles. The van der Waals surface area contributed by atoms with Gasteiger partial charge in [-0.1, -0.05) is 31.9 Å². The molecular weight excluding hydrogens is 188 g/mol. The highest BCUT2D eigenvalue weighted by Gasteiger charge is 2.59. The van der Waals surface area contributed by atoms with Crippen molar-refractivity contribution in [3.05, 3.63) is 12.2 Å². The zero-order valence-electron chi connectivity index (χ0n) is 9.09. The van der Waals surface area contributed by atoms with Crippen LogP contribution in [0.4, 0.5) is 0 Å². The molecule has 3 aliphatic rings. The highest BCUT2D eigenvalue weighted by atomic mass is 32.2. The van der Waals surface area contributed by atoms with Crippen molar-refractivity contribution in [3.63, 3.8) is 0 Å². The molecule has 3 atom stereocenters. The standard InChI is InChI=1S/C13H20S/c1-11-13-8-4-2-6-12(13,10-14-11)7-3-5-9-13/h2,4,11H,3,5-10H2,1H3/t11-,12+,13+/m1/s1. The lowest BCUT2D eigenvalue weighted by molar-refractivity contribution is 0.0155. The van der Waals surface area contributed by atoms with Gasteiger partial charge in [0.2, 0.25) is 0 Å². The first-order valence-electron chi connectivity index (χ1n) is 6.06. The van der Waals surface area contributed by atoms with E-state index in [4.69, 9.17) is 0 Å². The third-order valence-electron chi connectivity index (χ3n) is 5.13. The Labute approximate surface area is 91.5 Å². The third-order valence-corrected chi connectivity index (χ3v) is 6.80. The first-order chi connectivity index (χ1) is 6.79. The van der Waals surface area contributed by atoms with Crippen molar-refractivity contribution in [1.29, 1.82) is 0 Å². The van der Waals surface area contributed by atoms with E-state index in [2.05, 4.69) is 30.8 Å². The lowest BCUT2D eigenvalue weighted by Crippen LogP contribution is -2.47. The largest absolute Gasteiger partial charge is 0.158 e. The van der Waals surface area contributed by atoms with E-state index in [1.807, 2.05) is 0 Å². The molecule has 1 heteroatoms. The molecule has 0 nitrogen and oxygen atoms in total. The predicted molar refractivity (Wildman–Crippen MR) is 63.6 cm³/mol. The van der Waals surface area contributed by atoms with Crippen molar-refractivity contribution >= 4 is 11.8 Å². The summed E-state index contributed by atoms with van der Waals surface area (Å²) in [4.78, 5) is 0. The van der Waals surface area contributed by atoms with Gasteiger partial charge in [0.05, 0.1) is 0 Å². The molecule has 2 aliphatic carbocycles. The molecule has 3 rings (SSSR count). The Morgan fingerprint density at radius 1 is 1.14 bits per heavy atom. The van der Waals surface area contributed by atoms with Gasteiger partial charge < -0.3 is 0 Å². The van der Waals surface area contributed by atoms with E-state index in [1.54, 1.807) is 0 Å². The van der Waals surface area contributed by atoms with E-state index in [-0.39, 0.29) is 0 Å². The minimum atomic E-state index is 0.699. The second kappa shape index (κ2) is 3.04. The van der Waals surface area contributed by atoms with Gasteiger partial charge in [0.25, 0.3) is 0 Å². The summed E-state index contributed by atoms with van der Waals surface area (Å²) >= 11 is 2.25. The van der Waals surface area contributed by atoms with Crippen LogP contribution in [0.3, 0.4) is 0 Å². The molecule has 1 heterocycles. The van der Waals surface area contributed by atoms with Gasteiger partial charge >= 0.3 is 0 Å². The number of thioether (sulfide) groups is 1. The summed E-state index contributed by atoms with van der Waals surface area (Å²) in [7, 11) is 0. The Bertz CT molecular complexity index is 266. The summed E-state index contributed by atoms with van der Waals surface area (Å²) in [5.41, 5.74) is 1.41. The van der Waals surface area contributed by atoms with Gasteiger partial charge in [0.1, 0.15) is 0 Å². The molecule has 0 bridgehead atoms. The predicted octanol–water partition coefficient (Wildman–Crippen LogP) is 4.02. The Balaban J connectivity index is 2.05.